The van der Waals surface area contributed by atoms with Gasteiger partial charge in [-0.3, -0.25) is 14.3 Å². The quantitative estimate of drug-likeness (QED) is 0.637. The van der Waals surface area contributed by atoms with Gasteiger partial charge in [-0.2, -0.15) is 5.10 Å². The van der Waals surface area contributed by atoms with E-state index in [4.69, 9.17) is 0 Å². The Hall–Kier alpha value is -3.48. The summed E-state index contributed by atoms with van der Waals surface area (Å²) in [6.07, 6.45) is 6.14. The molecule has 1 atom stereocenters. The topological polar surface area (TPSA) is 80.1 Å². The summed E-state index contributed by atoms with van der Waals surface area (Å²) in [5.41, 5.74) is 2.97. The van der Waals surface area contributed by atoms with Crippen LogP contribution in [-0.2, 0) is 0 Å². The zero-order chi connectivity index (χ0) is 22.9. The highest BCUT2D eigenvalue weighted by Gasteiger charge is 2.36. The number of fused-ring (bicyclic) bond motifs is 1. The number of benzene rings is 2. The third-order valence-electron chi connectivity index (χ3n) is 6.64. The van der Waals surface area contributed by atoms with E-state index in [2.05, 4.69) is 29.2 Å². The van der Waals surface area contributed by atoms with Crippen molar-refractivity contribution in [3.8, 4) is 0 Å². The van der Waals surface area contributed by atoms with Crippen LogP contribution < -0.4 is 10.2 Å². The molecule has 0 saturated heterocycles. The van der Waals surface area contributed by atoms with Crippen LogP contribution in [0.25, 0.3) is 0 Å². The number of amides is 2. The standard InChI is InChI=1S/C26H29N5O2/c1-17(2)31-16-27-24(29-31)22-15-30(26(33)18-8-4-3-5-9-18)23-13-12-19(14-21(22)23)25(32)28-20-10-6-7-11-20/h3-5,8-9,12-14,16-17,20,22H,6-7,10-11,15H2,1-2H3,(H,28,32)/t22-/m1/s1. The lowest BCUT2D eigenvalue weighted by molar-refractivity contribution is 0.0936. The smallest absolute Gasteiger partial charge is 0.258 e. The Morgan fingerprint density at radius 2 is 1.79 bits per heavy atom. The first-order valence-electron chi connectivity index (χ1n) is 11.7. The number of nitrogens with zero attached hydrogens (tertiary/aromatic N) is 4. The van der Waals surface area contributed by atoms with E-state index in [1.54, 1.807) is 11.2 Å². The molecule has 170 valence electrons. The van der Waals surface area contributed by atoms with Crippen LogP contribution in [0.15, 0.2) is 54.9 Å². The Bertz CT molecular complexity index is 1160. The van der Waals surface area contributed by atoms with Crippen molar-refractivity contribution in [2.75, 3.05) is 11.4 Å². The molecule has 5 rings (SSSR count). The molecular weight excluding hydrogens is 414 g/mol. The predicted molar refractivity (Wildman–Crippen MR) is 127 cm³/mol. The Balaban J connectivity index is 1.50. The first-order chi connectivity index (χ1) is 16.0. The molecule has 2 heterocycles. The molecule has 2 aromatic carbocycles. The van der Waals surface area contributed by atoms with Crippen molar-refractivity contribution in [2.45, 2.75) is 57.5 Å². The summed E-state index contributed by atoms with van der Waals surface area (Å²) in [6, 6.07) is 15.3. The molecule has 1 N–H and O–H groups in total. The Kier molecular flexibility index (Phi) is 5.70. The average Bonchev–Trinajstić information content (AvgIpc) is 3.58. The predicted octanol–water partition coefficient (Wildman–Crippen LogP) is 4.32. The van der Waals surface area contributed by atoms with E-state index in [1.807, 2.05) is 53.2 Å². The van der Waals surface area contributed by atoms with Crippen molar-refractivity contribution < 1.29 is 9.59 Å². The summed E-state index contributed by atoms with van der Waals surface area (Å²) in [5, 5.41) is 7.85. The van der Waals surface area contributed by atoms with Gasteiger partial charge in [-0.05, 0) is 62.6 Å². The molecule has 1 fully saturated rings. The number of hydrogen-bond donors (Lipinski definition) is 1. The van der Waals surface area contributed by atoms with Gasteiger partial charge in [0.2, 0.25) is 0 Å². The van der Waals surface area contributed by atoms with Crippen LogP contribution in [0.4, 0.5) is 5.69 Å². The van der Waals surface area contributed by atoms with Crippen molar-refractivity contribution >= 4 is 17.5 Å². The zero-order valence-corrected chi connectivity index (χ0v) is 19.1. The Morgan fingerprint density at radius 1 is 1.03 bits per heavy atom. The SMILES string of the molecule is CC(C)n1cnc([C@@H]2CN(C(=O)c3ccccc3)c3ccc(C(=O)NC4CCCC4)cc32)n1. The molecule has 0 radical (unpaired) electrons. The maximum atomic E-state index is 13.3. The molecule has 3 aromatic rings. The molecule has 33 heavy (non-hydrogen) atoms. The monoisotopic (exact) mass is 443 g/mol. The van der Waals surface area contributed by atoms with E-state index in [1.165, 1.54) is 0 Å². The van der Waals surface area contributed by atoms with Crippen LogP contribution in [-0.4, -0.2) is 39.2 Å². The molecule has 0 spiro atoms. The third kappa shape index (κ3) is 4.15. The second kappa shape index (κ2) is 8.81. The minimum absolute atomic E-state index is 0.0584. The summed E-state index contributed by atoms with van der Waals surface area (Å²) in [7, 11) is 0. The molecule has 0 bridgehead atoms. The maximum Gasteiger partial charge on any atom is 0.258 e. The number of rotatable bonds is 5. The van der Waals surface area contributed by atoms with Crippen LogP contribution in [0.5, 0.6) is 0 Å². The second-order valence-electron chi connectivity index (χ2n) is 9.24. The van der Waals surface area contributed by atoms with E-state index in [0.29, 0.717) is 23.5 Å². The van der Waals surface area contributed by atoms with Crippen LogP contribution in [0.1, 0.15) is 83.6 Å². The Labute approximate surface area is 193 Å². The van der Waals surface area contributed by atoms with Crippen molar-refractivity contribution in [3.63, 3.8) is 0 Å². The lowest BCUT2D eigenvalue weighted by Crippen LogP contribution is -2.32. The van der Waals surface area contributed by atoms with Gasteiger partial charge in [0, 0.05) is 35.4 Å². The molecule has 1 aromatic heterocycles. The zero-order valence-electron chi connectivity index (χ0n) is 19.1. The van der Waals surface area contributed by atoms with E-state index >= 15 is 0 Å². The summed E-state index contributed by atoms with van der Waals surface area (Å²) >= 11 is 0. The summed E-state index contributed by atoms with van der Waals surface area (Å²) in [5.74, 6) is 0.358. The van der Waals surface area contributed by atoms with Crippen molar-refractivity contribution in [2.24, 2.45) is 0 Å². The maximum absolute atomic E-state index is 13.3. The van der Waals surface area contributed by atoms with Crippen LogP contribution in [0.2, 0.25) is 0 Å². The number of carbonyl (C=O) groups excluding carboxylic acids is 2. The molecule has 7 nitrogen and oxygen atoms in total. The van der Waals surface area contributed by atoms with Gasteiger partial charge in [0.25, 0.3) is 11.8 Å². The van der Waals surface area contributed by atoms with E-state index in [-0.39, 0.29) is 29.8 Å². The van der Waals surface area contributed by atoms with Crippen molar-refractivity contribution in [1.82, 2.24) is 20.1 Å². The van der Waals surface area contributed by atoms with Gasteiger partial charge in [0.05, 0.1) is 5.92 Å². The normalized spacial score (nSPS) is 18.0. The molecule has 2 amide bonds. The number of nitrogens with one attached hydrogen (secondary N) is 1. The van der Waals surface area contributed by atoms with Gasteiger partial charge in [-0.15, -0.1) is 0 Å². The number of aromatic nitrogens is 3. The minimum Gasteiger partial charge on any atom is -0.349 e. The second-order valence-corrected chi connectivity index (χ2v) is 9.24. The summed E-state index contributed by atoms with van der Waals surface area (Å²) in [6.45, 7) is 4.55. The molecule has 2 aliphatic rings. The van der Waals surface area contributed by atoms with Gasteiger partial charge >= 0.3 is 0 Å². The van der Waals surface area contributed by atoms with E-state index in [0.717, 1.165) is 36.9 Å². The van der Waals surface area contributed by atoms with Crippen molar-refractivity contribution in [3.05, 3.63) is 77.4 Å². The number of carbonyl (C=O) groups is 2. The fourth-order valence-corrected chi connectivity index (χ4v) is 4.79. The fourth-order valence-electron chi connectivity index (χ4n) is 4.79. The highest BCUT2D eigenvalue weighted by atomic mass is 16.2. The molecular formula is C26H29N5O2. The largest absolute Gasteiger partial charge is 0.349 e. The lowest BCUT2D eigenvalue weighted by Gasteiger charge is -2.18. The van der Waals surface area contributed by atoms with Gasteiger partial charge in [-0.1, -0.05) is 31.0 Å². The lowest BCUT2D eigenvalue weighted by atomic mass is 9.98. The molecule has 1 saturated carbocycles. The van der Waals surface area contributed by atoms with Crippen LogP contribution in [0, 0.1) is 0 Å². The van der Waals surface area contributed by atoms with Gasteiger partial charge < -0.3 is 10.2 Å². The first-order valence-corrected chi connectivity index (χ1v) is 11.7. The molecule has 0 unspecified atom stereocenters. The Morgan fingerprint density at radius 3 is 2.48 bits per heavy atom. The summed E-state index contributed by atoms with van der Waals surface area (Å²) in [4.78, 5) is 32.6. The minimum atomic E-state index is -0.188. The van der Waals surface area contributed by atoms with E-state index < -0.39 is 0 Å². The first kappa shape index (κ1) is 21.4. The fraction of sp³-hybridized carbons (Fsp3) is 0.385. The third-order valence-corrected chi connectivity index (χ3v) is 6.64. The average molecular weight is 444 g/mol. The van der Waals surface area contributed by atoms with Gasteiger partial charge in [-0.25, -0.2) is 4.98 Å². The number of hydrogen-bond acceptors (Lipinski definition) is 4. The van der Waals surface area contributed by atoms with E-state index in [9.17, 15) is 9.59 Å². The van der Waals surface area contributed by atoms with Crippen LogP contribution in [0.3, 0.4) is 0 Å². The highest BCUT2D eigenvalue weighted by molar-refractivity contribution is 6.08. The highest BCUT2D eigenvalue weighted by Crippen LogP contribution is 2.40. The van der Waals surface area contributed by atoms with Crippen molar-refractivity contribution in [1.29, 1.82) is 0 Å². The van der Waals surface area contributed by atoms with Gasteiger partial charge in [0.15, 0.2) is 5.82 Å². The molecule has 1 aliphatic heterocycles. The molecule has 7 heteroatoms. The molecule has 1 aliphatic carbocycles. The van der Waals surface area contributed by atoms with Crippen LogP contribution >= 0.6 is 0 Å². The van der Waals surface area contributed by atoms with Gasteiger partial charge in [0.1, 0.15) is 6.33 Å². The number of anilines is 1. The summed E-state index contributed by atoms with van der Waals surface area (Å²) < 4.78 is 1.83.